The van der Waals surface area contributed by atoms with Crippen molar-refractivity contribution in [2.75, 3.05) is 5.32 Å². The quantitative estimate of drug-likeness (QED) is 0.582. The Balaban J connectivity index is 1.62. The average molecular weight is 370 g/mol. The highest BCUT2D eigenvalue weighted by molar-refractivity contribution is 5.85. The van der Waals surface area contributed by atoms with Crippen molar-refractivity contribution in [3.8, 4) is 5.95 Å². The van der Waals surface area contributed by atoms with Crippen LogP contribution in [0.15, 0.2) is 48.7 Å². The largest absolute Gasteiger partial charge is 0.361 e. The molecule has 28 heavy (non-hydrogen) atoms. The van der Waals surface area contributed by atoms with Gasteiger partial charge in [-0.2, -0.15) is 10.1 Å². The lowest BCUT2D eigenvalue weighted by Gasteiger charge is -2.27. The molecule has 5 rings (SSSR count). The fraction of sp³-hybridized carbons (Fsp3) is 0.273. The highest BCUT2D eigenvalue weighted by Crippen LogP contribution is 2.33. The summed E-state index contributed by atoms with van der Waals surface area (Å²) in [5.41, 5.74) is 6.32. The average Bonchev–Trinajstić information content (AvgIpc) is 3.06. The summed E-state index contributed by atoms with van der Waals surface area (Å²) in [5.74, 6) is 1.33. The van der Waals surface area contributed by atoms with Crippen LogP contribution in [0.5, 0.6) is 0 Å². The zero-order valence-corrected chi connectivity index (χ0v) is 16.1. The minimum absolute atomic E-state index is 0.221. The highest BCUT2D eigenvalue weighted by atomic mass is 15.4. The molecule has 1 atom stereocenters. The number of fused-ring (bicyclic) bond motifs is 2. The van der Waals surface area contributed by atoms with Crippen molar-refractivity contribution in [1.29, 1.82) is 0 Å². The predicted octanol–water partition coefficient (Wildman–Crippen LogP) is 4.32. The second kappa shape index (κ2) is 6.71. The van der Waals surface area contributed by atoms with Crippen LogP contribution in [0, 0.1) is 13.8 Å². The van der Waals surface area contributed by atoms with Crippen LogP contribution in [0.1, 0.15) is 41.4 Å². The number of anilines is 1. The van der Waals surface area contributed by atoms with Gasteiger partial charge in [-0.1, -0.05) is 24.3 Å². The number of aromatic nitrogens is 5. The van der Waals surface area contributed by atoms with Gasteiger partial charge in [-0.25, -0.2) is 9.67 Å². The number of rotatable bonds is 3. The fourth-order valence-corrected chi connectivity index (χ4v) is 4.05. The topological polar surface area (TPSA) is 68.5 Å². The molecule has 140 valence electrons. The normalized spacial score (nSPS) is 16.1. The Morgan fingerprint density at radius 2 is 1.96 bits per heavy atom. The van der Waals surface area contributed by atoms with Gasteiger partial charge in [0.1, 0.15) is 5.52 Å². The van der Waals surface area contributed by atoms with E-state index in [0.29, 0.717) is 5.95 Å². The van der Waals surface area contributed by atoms with Crippen molar-refractivity contribution < 1.29 is 0 Å². The lowest BCUT2D eigenvalue weighted by atomic mass is 9.88. The second-order valence-corrected chi connectivity index (χ2v) is 7.37. The van der Waals surface area contributed by atoms with Gasteiger partial charge < -0.3 is 5.32 Å². The number of hydrogen-bond donors (Lipinski definition) is 1. The Kier molecular flexibility index (Phi) is 4.04. The van der Waals surface area contributed by atoms with Gasteiger partial charge >= 0.3 is 0 Å². The zero-order valence-electron chi connectivity index (χ0n) is 16.1. The molecule has 6 heteroatoms. The Morgan fingerprint density at radius 1 is 1.07 bits per heavy atom. The van der Waals surface area contributed by atoms with Crippen LogP contribution in [0.25, 0.3) is 17.0 Å². The molecule has 6 nitrogen and oxygen atoms in total. The van der Waals surface area contributed by atoms with E-state index >= 15 is 0 Å². The number of nitrogens with zero attached hydrogens (tertiary/aromatic N) is 5. The Bertz CT molecular complexity index is 1160. The van der Waals surface area contributed by atoms with Crippen molar-refractivity contribution in [3.05, 3.63) is 71.2 Å². The molecular formula is C22H22N6. The van der Waals surface area contributed by atoms with Crippen molar-refractivity contribution in [3.63, 3.8) is 0 Å². The smallest absolute Gasteiger partial charge is 0.253 e. The minimum Gasteiger partial charge on any atom is -0.361 e. The summed E-state index contributed by atoms with van der Waals surface area (Å²) in [6.07, 6.45) is 5.16. The van der Waals surface area contributed by atoms with Crippen LogP contribution in [0.2, 0.25) is 0 Å². The third-order valence-corrected chi connectivity index (χ3v) is 5.32. The van der Waals surface area contributed by atoms with Crippen molar-refractivity contribution in [2.24, 2.45) is 0 Å². The monoisotopic (exact) mass is 370 g/mol. The van der Waals surface area contributed by atoms with E-state index in [1.165, 1.54) is 11.1 Å². The van der Waals surface area contributed by atoms with E-state index in [0.717, 1.165) is 47.5 Å². The van der Waals surface area contributed by atoms with Crippen LogP contribution < -0.4 is 5.32 Å². The Morgan fingerprint density at radius 3 is 2.82 bits per heavy atom. The first kappa shape index (κ1) is 16.9. The first-order valence-electron chi connectivity index (χ1n) is 9.70. The van der Waals surface area contributed by atoms with Gasteiger partial charge in [-0.3, -0.25) is 4.98 Å². The molecule has 3 heterocycles. The zero-order chi connectivity index (χ0) is 19.1. The summed E-state index contributed by atoms with van der Waals surface area (Å²) in [4.78, 5) is 14.1. The third kappa shape index (κ3) is 2.91. The first-order valence-corrected chi connectivity index (χ1v) is 9.70. The third-order valence-electron chi connectivity index (χ3n) is 5.32. The second-order valence-electron chi connectivity index (χ2n) is 7.37. The number of benzene rings is 1. The molecule has 0 amide bonds. The molecule has 1 aliphatic rings. The number of aryl methyl sites for hydroxylation is 3. The number of nitrogens with one attached hydrogen (secondary N) is 1. The van der Waals surface area contributed by atoms with Gasteiger partial charge in [-0.05, 0) is 62.4 Å². The van der Waals surface area contributed by atoms with Crippen LogP contribution in [-0.4, -0.2) is 24.7 Å². The first-order chi connectivity index (χ1) is 13.7. The van der Waals surface area contributed by atoms with Gasteiger partial charge in [0.05, 0.1) is 17.3 Å². The SMILES string of the molecule is Cc1cc(C)n(-c2nc(NC3CCCc4ccccc43)c3ncccc3n2)n1. The van der Waals surface area contributed by atoms with Gasteiger partial charge in [0, 0.05) is 11.9 Å². The molecule has 4 aromatic rings. The molecule has 1 aromatic carbocycles. The molecule has 1 unspecified atom stereocenters. The summed E-state index contributed by atoms with van der Waals surface area (Å²) in [6, 6.07) is 14.8. The molecule has 0 spiro atoms. The summed E-state index contributed by atoms with van der Waals surface area (Å²) in [5, 5.41) is 8.22. The summed E-state index contributed by atoms with van der Waals surface area (Å²) >= 11 is 0. The van der Waals surface area contributed by atoms with Gasteiger partial charge in [0.15, 0.2) is 5.82 Å². The van der Waals surface area contributed by atoms with E-state index in [-0.39, 0.29) is 6.04 Å². The number of hydrogen-bond acceptors (Lipinski definition) is 5. The van der Waals surface area contributed by atoms with E-state index in [4.69, 9.17) is 9.97 Å². The lowest BCUT2D eigenvalue weighted by Crippen LogP contribution is -2.19. The fourth-order valence-electron chi connectivity index (χ4n) is 4.05. The van der Waals surface area contributed by atoms with E-state index in [9.17, 15) is 0 Å². The predicted molar refractivity (Wildman–Crippen MR) is 110 cm³/mol. The van der Waals surface area contributed by atoms with Crippen LogP contribution in [0.4, 0.5) is 5.82 Å². The maximum absolute atomic E-state index is 4.83. The van der Waals surface area contributed by atoms with E-state index in [1.807, 2.05) is 32.0 Å². The summed E-state index contributed by atoms with van der Waals surface area (Å²) < 4.78 is 1.79. The van der Waals surface area contributed by atoms with Gasteiger partial charge in [0.2, 0.25) is 0 Å². The van der Waals surface area contributed by atoms with E-state index in [2.05, 4.69) is 39.7 Å². The number of pyridine rings is 1. The molecule has 0 aliphatic heterocycles. The molecule has 0 saturated heterocycles. The molecule has 0 bridgehead atoms. The Labute approximate surface area is 163 Å². The van der Waals surface area contributed by atoms with Crippen LogP contribution in [-0.2, 0) is 6.42 Å². The molecular weight excluding hydrogens is 348 g/mol. The van der Waals surface area contributed by atoms with Crippen molar-refractivity contribution in [2.45, 2.75) is 39.2 Å². The molecule has 3 aromatic heterocycles. The standard InChI is InChI=1S/C22H22N6/c1-14-13-15(2)28(27-14)22-25-19-11-6-12-23-20(19)21(26-22)24-18-10-5-8-16-7-3-4-9-17(16)18/h3-4,6-7,9,11-13,18H,5,8,10H2,1-2H3,(H,24,25,26). The van der Waals surface area contributed by atoms with Crippen LogP contribution >= 0.6 is 0 Å². The van der Waals surface area contributed by atoms with Crippen molar-refractivity contribution in [1.82, 2.24) is 24.7 Å². The summed E-state index contributed by atoms with van der Waals surface area (Å²) in [7, 11) is 0. The van der Waals surface area contributed by atoms with Gasteiger partial charge in [-0.15, -0.1) is 0 Å². The molecule has 0 fully saturated rings. The van der Waals surface area contributed by atoms with E-state index in [1.54, 1.807) is 10.9 Å². The van der Waals surface area contributed by atoms with Gasteiger partial charge in [0.25, 0.3) is 5.95 Å². The maximum atomic E-state index is 4.83. The summed E-state index contributed by atoms with van der Waals surface area (Å²) in [6.45, 7) is 3.99. The van der Waals surface area contributed by atoms with Crippen molar-refractivity contribution >= 4 is 16.9 Å². The maximum Gasteiger partial charge on any atom is 0.253 e. The Hall–Kier alpha value is -3.28. The molecule has 1 aliphatic carbocycles. The molecule has 1 N–H and O–H groups in total. The molecule has 0 saturated carbocycles. The molecule has 0 radical (unpaired) electrons. The lowest BCUT2D eigenvalue weighted by molar-refractivity contribution is 0.598. The van der Waals surface area contributed by atoms with Crippen LogP contribution in [0.3, 0.4) is 0 Å². The van der Waals surface area contributed by atoms with E-state index < -0.39 is 0 Å². The minimum atomic E-state index is 0.221. The highest BCUT2D eigenvalue weighted by Gasteiger charge is 2.22.